The lowest BCUT2D eigenvalue weighted by atomic mass is 9.97. The fraction of sp³-hybridized carbons (Fsp3) is 0.448. The Morgan fingerprint density at radius 3 is 2.74 bits per heavy atom. The summed E-state index contributed by atoms with van der Waals surface area (Å²) >= 11 is 6.09. The van der Waals surface area contributed by atoms with Crippen molar-refractivity contribution in [2.75, 3.05) is 26.2 Å². The van der Waals surface area contributed by atoms with Crippen LogP contribution in [-0.2, 0) is 16.1 Å². The maximum atomic E-state index is 13.0. The third kappa shape index (κ3) is 6.53. The van der Waals surface area contributed by atoms with Crippen LogP contribution in [0.25, 0.3) is 0 Å². The molecule has 0 aromatic heterocycles. The van der Waals surface area contributed by atoms with Gasteiger partial charge in [0.15, 0.2) is 0 Å². The number of amides is 3. The van der Waals surface area contributed by atoms with Crippen molar-refractivity contribution >= 4 is 29.3 Å². The second-order valence-electron chi connectivity index (χ2n) is 9.70. The molecule has 9 heteroatoms. The zero-order chi connectivity index (χ0) is 27.1. The number of carbonyl (C=O) groups is 3. The molecule has 2 aliphatic rings. The molecule has 0 aliphatic carbocycles. The highest BCUT2D eigenvalue weighted by atomic mass is 35.5. The highest BCUT2D eigenvalue weighted by molar-refractivity contribution is 6.30. The van der Waals surface area contributed by atoms with Gasteiger partial charge in [0.25, 0.3) is 5.91 Å². The molecule has 2 aliphatic heterocycles. The summed E-state index contributed by atoms with van der Waals surface area (Å²) in [6.07, 6.45) is 3.10. The minimum atomic E-state index is -0.639. The summed E-state index contributed by atoms with van der Waals surface area (Å²) in [5.41, 5.74) is 2.30. The summed E-state index contributed by atoms with van der Waals surface area (Å²) in [5.74, 6) is -0.442. The Morgan fingerprint density at radius 1 is 1.18 bits per heavy atom. The Bertz CT molecular complexity index is 1230. The van der Waals surface area contributed by atoms with Gasteiger partial charge >= 0.3 is 0 Å². The van der Waals surface area contributed by atoms with Gasteiger partial charge < -0.3 is 14.5 Å². The number of nitriles is 1. The second-order valence-corrected chi connectivity index (χ2v) is 10.1. The van der Waals surface area contributed by atoms with Gasteiger partial charge in [0.1, 0.15) is 11.8 Å². The summed E-state index contributed by atoms with van der Waals surface area (Å²) in [7, 11) is 0. The van der Waals surface area contributed by atoms with Crippen molar-refractivity contribution in [2.24, 2.45) is 0 Å². The fourth-order valence-electron chi connectivity index (χ4n) is 5.08. The number of nitrogens with one attached hydrogen (secondary N) is 1. The molecule has 0 radical (unpaired) electrons. The van der Waals surface area contributed by atoms with Crippen molar-refractivity contribution in [1.29, 1.82) is 5.26 Å². The average molecular weight is 537 g/mol. The fourth-order valence-corrected chi connectivity index (χ4v) is 5.28. The van der Waals surface area contributed by atoms with E-state index in [0.717, 1.165) is 50.0 Å². The molecule has 4 rings (SSSR count). The molecule has 0 saturated carbocycles. The molecule has 38 heavy (non-hydrogen) atoms. The first kappa shape index (κ1) is 27.6. The lowest BCUT2D eigenvalue weighted by Crippen LogP contribution is -2.52. The number of piperidine rings is 1. The molecule has 8 nitrogen and oxygen atoms in total. The molecule has 0 spiro atoms. The van der Waals surface area contributed by atoms with E-state index in [2.05, 4.69) is 23.2 Å². The standard InChI is InChI=1S/C29H33ClN4O4/c1-2-33(15-13-21(18-31)20-7-5-8-22(30)17-20)14-3-4-16-38-26-10-6-9-23-24(26)19-34(29(23)37)25-11-12-27(35)32-28(25)36/h5-10,17,21,25H,2-4,11-16,19H2,1H3,(H,32,35,36). The lowest BCUT2D eigenvalue weighted by molar-refractivity contribution is -0.136. The lowest BCUT2D eigenvalue weighted by Gasteiger charge is -2.29. The van der Waals surface area contributed by atoms with Crippen LogP contribution in [-0.4, -0.2) is 59.8 Å². The molecule has 1 saturated heterocycles. The monoisotopic (exact) mass is 536 g/mol. The van der Waals surface area contributed by atoms with Gasteiger partial charge in [0.2, 0.25) is 11.8 Å². The largest absolute Gasteiger partial charge is 0.493 e. The number of ether oxygens (including phenoxy) is 1. The Labute approximate surface area is 228 Å². The number of unbranched alkanes of at least 4 members (excludes halogenated alkanes) is 1. The van der Waals surface area contributed by atoms with Gasteiger partial charge in [0.05, 0.1) is 25.1 Å². The van der Waals surface area contributed by atoms with Crippen LogP contribution in [0.15, 0.2) is 42.5 Å². The third-order valence-corrected chi connectivity index (χ3v) is 7.49. The zero-order valence-electron chi connectivity index (χ0n) is 21.6. The van der Waals surface area contributed by atoms with E-state index < -0.39 is 11.9 Å². The number of fused-ring (bicyclic) bond motifs is 1. The van der Waals surface area contributed by atoms with E-state index in [4.69, 9.17) is 16.3 Å². The van der Waals surface area contributed by atoms with E-state index in [1.165, 1.54) is 4.90 Å². The van der Waals surface area contributed by atoms with Gasteiger partial charge in [-0.3, -0.25) is 19.7 Å². The highest BCUT2D eigenvalue weighted by Crippen LogP contribution is 2.33. The van der Waals surface area contributed by atoms with Gasteiger partial charge in [-0.05, 0) is 75.1 Å². The van der Waals surface area contributed by atoms with E-state index in [1.54, 1.807) is 12.1 Å². The molecular formula is C29H33ClN4O4. The molecule has 2 aromatic carbocycles. The number of nitrogens with zero attached hydrogens (tertiary/aromatic N) is 3. The Balaban J connectivity index is 1.24. The average Bonchev–Trinajstić information content (AvgIpc) is 3.24. The van der Waals surface area contributed by atoms with Crippen LogP contribution in [0.1, 0.15) is 66.4 Å². The topological polar surface area (TPSA) is 103 Å². The number of benzene rings is 2. The number of halogens is 1. The van der Waals surface area contributed by atoms with E-state index >= 15 is 0 Å². The molecule has 1 N–H and O–H groups in total. The Kier molecular flexibility index (Phi) is 9.38. The highest BCUT2D eigenvalue weighted by Gasteiger charge is 2.40. The maximum Gasteiger partial charge on any atom is 0.255 e. The normalized spacial score (nSPS) is 17.8. The van der Waals surface area contributed by atoms with Crippen molar-refractivity contribution in [1.82, 2.24) is 15.1 Å². The van der Waals surface area contributed by atoms with Gasteiger partial charge in [0, 0.05) is 22.6 Å². The predicted molar refractivity (Wildman–Crippen MR) is 144 cm³/mol. The molecule has 0 bridgehead atoms. The van der Waals surface area contributed by atoms with Crippen molar-refractivity contribution in [3.8, 4) is 11.8 Å². The zero-order valence-corrected chi connectivity index (χ0v) is 22.4. The molecular weight excluding hydrogens is 504 g/mol. The SMILES string of the molecule is CCN(CCCCOc1cccc2c1CN(C1CCC(=O)NC1=O)C2=O)CCC(C#N)c1cccc(Cl)c1. The summed E-state index contributed by atoms with van der Waals surface area (Å²) in [4.78, 5) is 40.6. The Morgan fingerprint density at radius 2 is 2.00 bits per heavy atom. The summed E-state index contributed by atoms with van der Waals surface area (Å²) in [6, 6.07) is 14.7. The smallest absolute Gasteiger partial charge is 0.255 e. The van der Waals surface area contributed by atoms with E-state index in [-0.39, 0.29) is 24.2 Å². The van der Waals surface area contributed by atoms with E-state index in [0.29, 0.717) is 35.9 Å². The van der Waals surface area contributed by atoms with Crippen LogP contribution < -0.4 is 10.1 Å². The van der Waals surface area contributed by atoms with Crippen LogP contribution in [0.2, 0.25) is 5.02 Å². The number of imide groups is 1. The van der Waals surface area contributed by atoms with Crippen LogP contribution in [0.5, 0.6) is 5.75 Å². The van der Waals surface area contributed by atoms with Gasteiger partial charge in [-0.15, -0.1) is 0 Å². The summed E-state index contributed by atoms with van der Waals surface area (Å²) in [6.45, 7) is 5.57. The van der Waals surface area contributed by atoms with Gasteiger partial charge in [-0.2, -0.15) is 5.26 Å². The van der Waals surface area contributed by atoms with Crippen LogP contribution in [0, 0.1) is 11.3 Å². The van der Waals surface area contributed by atoms with Crippen molar-refractivity contribution in [2.45, 2.75) is 57.5 Å². The minimum absolute atomic E-state index is 0.186. The van der Waals surface area contributed by atoms with Crippen LogP contribution in [0.3, 0.4) is 0 Å². The number of hydrogen-bond acceptors (Lipinski definition) is 6. The summed E-state index contributed by atoms with van der Waals surface area (Å²) < 4.78 is 6.07. The first-order chi connectivity index (χ1) is 18.4. The van der Waals surface area contributed by atoms with Crippen LogP contribution >= 0.6 is 11.6 Å². The minimum Gasteiger partial charge on any atom is -0.493 e. The molecule has 2 aromatic rings. The molecule has 3 amide bonds. The van der Waals surface area contributed by atoms with Gasteiger partial charge in [-0.1, -0.05) is 36.7 Å². The molecule has 2 atom stereocenters. The second kappa shape index (κ2) is 12.9. The number of hydrogen-bond donors (Lipinski definition) is 1. The maximum absolute atomic E-state index is 13.0. The molecule has 200 valence electrons. The summed E-state index contributed by atoms with van der Waals surface area (Å²) in [5, 5.41) is 12.6. The molecule has 2 heterocycles. The molecule has 1 fully saturated rings. The van der Waals surface area contributed by atoms with Crippen molar-refractivity contribution < 1.29 is 19.1 Å². The van der Waals surface area contributed by atoms with Crippen LogP contribution in [0.4, 0.5) is 0 Å². The predicted octanol–water partition coefficient (Wildman–Crippen LogP) is 4.28. The van der Waals surface area contributed by atoms with E-state index in [9.17, 15) is 19.6 Å². The van der Waals surface area contributed by atoms with E-state index in [1.807, 2.05) is 30.3 Å². The van der Waals surface area contributed by atoms with Crippen molar-refractivity contribution in [3.05, 3.63) is 64.2 Å². The number of rotatable bonds is 12. The molecule has 2 unspecified atom stereocenters. The van der Waals surface area contributed by atoms with Crippen molar-refractivity contribution in [3.63, 3.8) is 0 Å². The Hall–Kier alpha value is -3.41. The first-order valence-corrected chi connectivity index (χ1v) is 13.6. The third-order valence-electron chi connectivity index (χ3n) is 7.25. The van der Waals surface area contributed by atoms with Gasteiger partial charge in [-0.25, -0.2) is 0 Å². The first-order valence-electron chi connectivity index (χ1n) is 13.2. The quantitative estimate of drug-likeness (QED) is 0.321. The number of carbonyl (C=O) groups excluding carboxylic acids is 3.